The second-order valence-electron chi connectivity index (χ2n) is 5.20. The number of hydrogen-bond donors (Lipinski definition) is 2. The van der Waals surface area contributed by atoms with Crippen LogP contribution in [0.1, 0.15) is 18.5 Å². The van der Waals surface area contributed by atoms with E-state index in [1.165, 1.54) is 5.39 Å². The molecule has 2 heterocycles. The fraction of sp³-hybridized carbons (Fsp3) is 0.375. The van der Waals surface area contributed by atoms with Crippen molar-refractivity contribution in [2.24, 2.45) is 10.7 Å². The lowest BCUT2D eigenvalue weighted by molar-refractivity contribution is 0.114. The average Bonchev–Trinajstić information content (AvgIpc) is 3.04. The van der Waals surface area contributed by atoms with Crippen LogP contribution in [0.3, 0.4) is 0 Å². The number of nitrogens with one attached hydrogen (secondary N) is 1. The van der Waals surface area contributed by atoms with Gasteiger partial charge < -0.3 is 15.8 Å². The van der Waals surface area contributed by atoms with E-state index in [1.54, 1.807) is 0 Å². The number of aliphatic imine (C=N–C) groups is 1. The normalized spacial score (nSPS) is 19.0. The smallest absolute Gasteiger partial charge is 0.189 e. The number of aromatic nitrogens is 1. The van der Waals surface area contributed by atoms with Gasteiger partial charge in [0.15, 0.2) is 5.96 Å². The van der Waals surface area contributed by atoms with Crippen molar-refractivity contribution >= 4 is 16.7 Å². The number of ether oxygens (including phenoxy) is 1. The molecule has 21 heavy (non-hydrogen) atoms. The first-order valence-corrected chi connectivity index (χ1v) is 7.31. The SMILES string of the molecule is NC(=NCc1nccc2ccccc12)NCC1CCCO1. The minimum atomic E-state index is 0.259. The lowest BCUT2D eigenvalue weighted by Crippen LogP contribution is -2.37. The van der Waals surface area contributed by atoms with Crippen LogP contribution >= 0.6 is 0 Å². The number of nitrogens with two attached hydrogens (primary N) is 1. The molecule has 0 amide bonds. The first kappa shape index (κ1) is 13.8. The van der Waals surface area contributed by atoms with Gasteiger partial charge in [-0.1, -0.05) is 24.3 Å². The van der Waals surface area contributed by atoms with E-state index in [0.29, 0.717) is 12.5 Å². The summed E-state index contributed by atoms with van der Waals surface area (Å²) in [7, 11) is 0. The summed E-state index contributed by atoms with van der Waals surface area (Å²) in [4.78, 5) is 8.77. The van der Waals surface area contributed by atoms with Gasteiger partial charge in [-0.25, -0.2) is 4.99 Å². The predicted octanol–water partition coefficient (Wildman–Crippen LogP) is 1.82. The number of benzene rings is 1. The standard InChI is InChI=1S/C16H20N4O/c17-16(19-10-13-5-3-9-21-13)20-11-15-14-6-2-1-4-12(14)7-8-18-15/h1-2,4,6-8,13H,3,5,9-11H2,(H3,17,19,20). The third-order valence-corrected chi connectivity index (χ3v) is 3.69. The summed E-state index contributed by atoms with van der Waals surface area (Å²) < 4.78 is 5.54. The molecule has 0 saturated carbocycles. The number of fused-ring (bicyclic) bond motifs is 1. The summed E-state index contributed by atoms with van der Waals surface area (Å²) in [5, 5.41) is 5.41. The van der Waals surface area contributed by atoms with Crippen LogP contribution in [0, 0.1) is 0 Å². The van der Waals surface area contributed by atoms with Crippen molar-refractivity contribution in [3.05, 3.63) is 42.2 Å². The fourth-order valence-electron chi connectivity index (χ4n) is 2.55. The Morgan fingerprint density at radius 1 is 1.38 bits per heavy atom. The third-order valence-electron chi connectivity index (χ3n) is 3.69. The van der Waals surface area contributed by atoms with Gasteiger partial charge >= 0.3 is 0 Å². The molecule has 2 aromatic rings. The first-order valence-electron chi connectivity index (χ1n) is 7.31. The van der Waals surface area contributed by atoms with Crippen LogP contribution in [0.4, 0.5) is 0 Å². The number of rotatable bonds is 4. The van der Waals surface area contributed by atoms with E-state index in [4.69, 9.17) is 10.5 Å². The Bertz CT molecular complexity index is 630. The highest BCUT2D eigenvalue weighted by Crippen LogP contribution is 2.16. The van der Waals surface area contributed by atoms with Crippen LogP contribution in [0.2, 0.25) is 0 Å². The van der Waals surface area contributed by atoms with Crippen LogP contribution in [-0.2, 0) is 11.3 Å². The van der Waals surface area contributed by atoms with E-state index in [0.717, 1.165) is 37.1 Å². The van der Waals surface area contributed by atoms with Crippen molar-refractivity contribution in [1.29, 1.82) is 0 Å². The van der Waals surface area contributed by atoms with E-state index in [-0.39, 0.29) is 6.10 Å². The Balaban J connectivity index is 1.63. The van der Waals surface area contributed by atoms with Gasteiger partial charge in [0.05, 0.1) is 18.3 Å². The molecule has 110 valence electrons. The maximum Gasteiger partial charge on any atom is 0.189 e. The third kappa shape index (κ3) is 3.49. The maximum atomic E-state index is 5.90. The number of guanidine groups is 1. The molecule has 5 nitrogen and oxygen atoms in total. The highest BCUT2D eigenvalue weighted by Gasteiger charge is 2.14. The van der Waals surface area contributed by atoms with Gasteiger partial charge in [0.2, 0.25) is 0 Å². The average molecular weight is 284 g/mol. The lowest BCUT2D eigenvalue weighted by Gasteiger charge is -2.11. The summed E-state index contributed by atoms with van der Waals surface area (Å²) in [5.74, 6) is 0.445. The second-order valence-corrected chi connectivity index (χ2v) is 5.20. The Labute approximate surface area is 124 Å². The van der Waals surface area contributed by atoms with E-state index in [1.807, 2.05) is 24.4 Å². The second kappa shape index (κ2) is 6.54. The molecule has 5 heteroatoms. The monoisotopic (exact) mass is 284 g/mol. The molecule has 1 aromatic carbocycles. The van der Waals surface area contributed by atoms with Crippen molar-refractivity contribution in [2.45, 2.75) is 25.5 Å². The topological polar surface area (TPSA) is 72.5 Å². The highest BCUT2D eigenvalue weighted by atomic mass is 16.5. The van der Waals surface area contributed by atoms with Gasteiger partial charge in [-0.3, -0.25) is 4.98 Å². The van der Waals surface area contributed by atoms with Gasteiger partial charge in [-0.05, 0) is 24.3 Å². The Hall–Kier alpha value is -2.14. The zero-order chi connectivity index (χ0) is 14.5. The van der Waals surface area contributed by atoms with Crippen molar-refractivity contribution < 1.29 is 4.74 Å². The molecule has 0 spiro atoms. The van der Waals surface area contributed by atoms with E-state index >= 15 is 0 Å². The molecule has 0 aliphatic carbocycles. The molecule has 3 rings (SSSR count). The molecule has 1 unspecified atom stereocenters. The van der Waals surface area contributed by atoms with Crippen molar-refractivity contribution in [2.75, 3.05) is 13.2 Å². The molecule has 3 N–H and O–H groups in total. The molecule has 0 bridgehead atoms. The quantitative estimate of drug-likeness (QED) is 0.663. The summed E-state index contributed by atoms with van der Waals surface area (Å²) in [6, 6.07) is 10.2. The largest absolute Gasteiger partial charge is 0.376 e. The van der Waals surface area contributed by atoms with Gasteiger partial charge in [0.1, 0.15) is 0 Å². The molecule has 1 aromatic heterocycles. The molecule has 1 aliphatic heterocycles. The van der Waals surface area contributed by atoms with E-state index in [2.05, 4.69) is 27.4 Å². The summed E-state index contributed by atoms with van der Waals surface area (Å²) >= 11 is 0. The minimum absolute atomic E-state index is 0.259. The molecular weight excluding hydrogens is 264 g/mol. The minimum Gasteiger partial charge on any atom is -0.376 e. The summed E-state index contributed by atoms with van der Waals surface area (Å²) in [6.07, 6.45) is 4.28. The molecule has 1 saturated heterocycles. The molecular formula is C16H20N4O. The molecule has 0 radical (unpaired) electrons. The van der Waals surface area contributed by atoms with Gasteiger partial charge in [0, 0.05) is 24.7 Å². The Morgan fingerprint density at radius 2 is 2.29 bits per heavy atom. The van der Waals surface area contributed by atoms with Gasteiger partial charge in [-0.2, -0.15) is 0 Å². The van der Waals surface area contributed by atoms with Crippen LogP contribution < -0.4 is 11.1 Å². The van der Waals surface area contributed by atoms with Crippen LogP contribution in [0.15, 0.2) is 41.5 Å². The van der Waals surface area contributed by atoms with Crippen molar-refractivity contribution in [1.82, 2.24) is 10.3 Å². The Kier molecular flexibility index (Phi) is 4.31. The number of pyridine rings is 1. The first-order chi connectivity index (χ1) is 10.3. The lowest BCUT2D eigenvalue weighted by atomic mass is 10.1. The maximum absolute atomic E-state index is 5.90. The summed E-state index contributed by atoms with van der Waals surface area (Å²) in [5.41, 5.74) is 6.84. The predicted molar refractivity (Wildman–Crippen MR) is 84.0 cm³/mol. The summed E-state index contributed by atoms with van der Waals surface area (Å²) in [6.45, 7) is 2.05. The number of nitrogens with zero attached hydrogens (tertiary/aromatic N) is 2. The van der Waals surface area contributed by atoms with Crippen molar-refractivity contribution in [3.8, 4) is 0 Å². The zero-order valence-corrected chi connectivity index (χ0v) is 12.0. The highest BCUT2D eigenvalue weighted by molar-refractivity contribution is 5.84. The van der Waals surface area contributed by atoms with Crippen LogP contribution in [0.5, 0.6) is 0 Å². The molecule has 1 fully saturated rings. The van der Waals surface area contributed by atoms with E-state index < -0.39 is 0 Å². The van der Waals surface area contributed by atoms with Gasteiger partial charge in [-0.15, -0.1) is 0 Å². The number of hydrogen-bond acceptors (Lipinski definition) is 3. The van der Waals surface area contributed by atoms with E-state index in [9.17, 15) is 0 Å². The van der Waals surface area contributed by atoms with Crippen molar-refractivity contribution in [3.63, 3.8) is 0 Å². The molecule has 1 aliphatic rings. The van der Waals surface area contributed by atoms with Crippen LogP contribution in [0.25, 0.3) is 10.8 Å². The van der Waals surface area contributed by atoms with Gasteiger partial charge in [0.25, 0.3) is 0 Å². The van der Waals surface area contributed by atoms with Crippen LogP contribution in [-0.4, -0.2) is 30.2 Å². The fourth-order valence-corrected chi connectivity index (χ4v) is 2.55. The zero-order valence-electron chi connectivity index (χ0n) is 12.0. The Morgan fingerprint density at radius 3 is 3.14 bits per heavy atom. The molecule has 1 atom stereocenters.